The van der Waals surface area contributed by atoms with Crippen LogP contribution < -0.4 is 4.74 Å². The van der Waals surface area contributed by atoms with Crippen LogP contribution >= 0.6 is 45.2 Å². The Balaban J connectivity index is 2.04. The van der Waals surface area contributed by atoms with E-state index in [0.29, 0.717) is 36.0 Å². The molecule has 0 aliphatic rings. The fourth-order valence-corrected chi connectivity index (χ4v) is 4.83. The number of unbranched alkanes of at least 4 members (excludes halogenated alkanes) is 1. The van der Waals surface area contributed by atoms with Gasteiger partial charge in [-0.25, -0.2) is 0 Å². The summed E-state index contributed by atoms with van der Waals surface area (Å²) < 4.78 is 49.6. The number of furan rings is 1. The summed E-state index contributed by atoms with van der Waals surface area (Å²) in [6.45, 7) is -3.73. The summed E-state index contributed by atoms with van der Waals surface area (Å²) in [5.41, 5.74) is 1.59. The zero-order chi connectivity index (χ0) is 23.0. The van der Waals surface area contributed by atoms with Gasteiger partial charge in [-0.1, -0.05) is 31.5 Å². The lowest BCUT2D eigenvalue weighted by molar-refractivity contribution is 0.103. The Labute approximate surface area is 187 Å². The molecule has 0 atom stereocenters. The van der Waals surface area contributed by atoms with Crippen LogP contribution in [0.2, 0.25) is 0 Å². The molecule has 3 rings (SSSR count). The molecule has 0 amide bonds. The molecule has 3 nitrogen and oxygen atoms in total. The topological polar surface area (TPSA) is 39.4 Å². The van der Waals surface area contributed by atoms with Crippen LogP contribution in [0.5, 0.6) is 5.75 Å². The highest BCUT2D eigenvalue weighted by atomic mass is 127. The van der Waals surface area contributed by atoms with E-state index in [1.165, 1.54) is 0 Å². The van der Waals surface area contributed by atoms with Crippen molar-refractivity contribution in [3.8, 4) is 5.75 Å². The van der Waals surface area contributed by atoms with Gasteiger partial charge >= 0.3 is 0 Å². The Morgan fingerprint density at radius 2 is 2.00 bits per heavy atom. The molecule has 1 heterocycles. The average molecular weight is 579 g/mol. The molecule has 0 N–H and O–H groups in total. The summed E-state index contributed by atoms with van der Waals surface area (Å²) in [6.07, 6.45) is 2.52. The van der Waals surface area contributed by atoms with Gasteiger partial charge in [-0.05, 0) is 76.7 Å². The van der Waals surface area contributed by atoms with E-state index in [1.54, 1.807) is 12.1 Å². The summed E-state index contributed by atoms with van der Waals surface area (Å²) in [5.74, 6) is 0.552. The van der Waals surface area contributed by atoms with Crippen LogP contribution in [0.4, 0.5) is 0 Å². The molecule has 3 aromatic rings. The van der Waals surface area contributed by atoms with Gasteiger partial charge in [0.15, 0.2) is 5.78 Å². The maximum Gasteiger partial charge on any atom is 0.197 e. The predicted octanol–water partition coefficient (Wildman–Crippen LogP) is 6.61. The van der Waals surface area contributed by atoms with Gasteiger partial charge in [0.25, 0.3) is 0 Å². The zero-order valence-electron chi connectivity index (χ0n) is 19.1. The number of fused-ring (bicyclic) bond motifs is 1. The molecule has 5 heteroatoms. The van der Waals surface area contributed by atoms with Gasteiger partial charge < -0.3 is 9.15 Å². The number of benzene rings is 2. The van der Waals surface area contributed by atoms with Crippen LogP contribution in [0.1, 0.15) is 55.2 Å². The van der Waals surface area contributed by atoms with Gasteiger partial charge in [0.2, 0.25) is 0 Å². The molecule has 0 saturated heterocycles. The van der Waals surface area contributed by atoms with Crippen LogP contribution in [0, 0.1) is 7.14 Å². The third-order valence-corrected chi connectivity index (χ3v) is 5.67. The quantitative estimate of drug-likeness (QED) is 0.234. The highest BCUT2D eigenvalue weighted by molar-refractivity contribution is 14.1. The molecule has 136 valence electrons. The van der Waals surface area contributed by atoms with E-state index in [1.807, 2.05) is 69.4 Å². The fourth-order valence-electron chi connectivity index (χ4n) is 2.84. The normalized spacial score (nSPS) is 15.0. The van der Waals surface area contributed by atoms with Crippen LogP contribution in [0.15, 0.2) is 40.8 Å². The Morgan fingerprint density at radius 1 is 1.27 bits per heavy atom. The second kappa shape index (κ2) is 8.73. The number of rotatable bonds is 7. The molecule has 0 spiro atoms. The van der Waals surface area contributed by atoms with Crippen molar-refractivity contribution < 1.29 is 20.8 Å². The van der Waals surface area contributed by atoms with Crippen LogP contribution in [0.3, 0.4) is 0 Å². The van der Waals surface area contributed by atoms with Crippen molar-refractivity contribution in [2.75, 3.05) is 6.56 Å². The maximum atomic E-state index is 13.5. The minimum Gasteiger partial charge on any atom is -0.492 e. The first-order valence-electron chi connectivity index (χ1n) is 10.7. The van der Waals surface area contributed by atoms with Gasteiger partial charge in [-0.15, -0.1) is 0 Å². The molecule has 0 saturated carbocycles. The lowest BCUT2D eigenvalue weighted by Gasteiger charge is -2.11. The Kier molecular flexibility index (Phi) is 4.70. The van der Waals surface area contributed by atoms with Crippen molar-refractivity contribution in [3.05, 3.63) is 60.4 Å². The Morgan fingerprint density at radius 3 is 2.69 bits per heavy atom. The van der Waals surface area contributed by atoms with Crippen LogP contribution in [-0.2, 0) is 6.42 Å². The van der Waals surface area contributed by atoms with Crippen molar-refractivity contribution in [1.29, 1.82) is 0 Å². The number of carbonyl (C=O) groups is 1. The Bertz CT molecular complexity index is 1100. The predicted molar refractivity (Wildman–Crippen MR) is 121 cm³/mol. The van der Waals surface area contributed by atoms with E-state index >= 15 is 0 Å². The average Bonchev–Trinajstić information content (AvgIpc) is 3.05. The van der Waals surface area contributed by atoms with Crippen molar-refractivity contribution >= 4 is 61.9 Å². The number of hydrogen-bond acceptors (Lipinski definition) is 3. The molecule has 2 aromatic carbocycles. The lowest BCUT2D eigenvalue weighted by atomic mass is 9.98. The monoisotopic (exact) mass is 579 g/mol. The van der Waals surface area contributed by atoms with Gasteiger partial charge in [-0.3, -0.25) is 4.79 Å². The van der Waals surface area contributed by atoms with Crippen molar-refractivity contribution in [1.82, 2.24) is 0 Å². The summed E-state index contributed by atoms with van der Waals surface area (Å²) in [4.78, 5) is 13.5. The highest BCUT2D eigenvalue weighted by Crippen LogP contribution is 2.33. The first kappa shape index (κ1) is 14.0. The van der Waals surface area contributed by atoms with E-state index in [2.05, 4.69) is 6.92 Å². The number of halogens is 2. The van der Waals surface area contributed by atoms with E-state index in [9.17, 15) is 4.79 Å². The number of aryl methyl sites for hydroxylation is 1. The SMILES string of the molecule is [2H]C([2H])([2H])C([2H])([2H])Oc1c(I)cc(C(=O)c2c(CCCC)oc3ccccc23)cc1I. The van der Waals surface area contributed by atoms with Gasteiger partial charge in [0.05, 0.1) is 22.0 Å². The van der Waals surface area contributed by atoms with Crippen molar-refractivity contribution in [2.45, 2.75) is 33.0 Å². The third-order valence-electron chi connectivity index (χ3n) is 4.07. The number of carbonyl (C=O) groups excluding carboxylic acids is 1. The van der Waals surface area contributed by atoms with Crippen LogP contribution in [-0.4, -0.2) is 12.3 Å². The molecular weight excluding hydrogens is 554 g/mol. The summed E-state index contributed by atoms with van der Waals surface area (Å²) in [5, 5.41) is 0.752. The summed E-state index contributed by atoms with van der Waals surface area (Å²) in [7, 11) is 0. The van der Waals surface area contributed by atoms with E-state index in [4.69, 9.17) is 16.0 Å². The number of para-hydroxylation sites is 1. The third kappa shape index (κ3) is 3.93. The molecule has 0 bridgehead atoms. The second-order valence-electron chi connectivity index (χ2n) is 5.80. The van der Waals surface area contributed by atoms with E-state index < -0.39 is 13.4 Å². The highest BCUT2D eigenvalue weighted by Gasteiger charge is 2.23. The van der Waals surface area contributed by atoms with Gasteiger partial charge in [0, 0.05) is 21.5 Å². The lowest BCUT2D eigenvalue weighted by Crippen LogP contribution is -2.06. The minimum atomic E-state index is -2.95. The summed E-state index contributed by atoms with van der Waals surface area (Å²) >= 11 is 3.85. The summed E-state index contributed by atoms with van der Waals surface area (Å²) in [6, 6.07) is 10.6. The van der Waals surface area contributed by atoms with Crippen molar-refractivity contribution in [3.63, 3.8) is 0 Å². The molecule has 0 fully saturated rings. The number of ketones is 1. The number of hydrogen-bond donors (Lipinski definition) is 0. The second-order valence-corrected chi connectivity index (χ2v) is 8.13. The molecule has 0 aliphatic heterocycles. The largest absolute Gasteiger partial charge is 0.492 e. The molecule has 1 aromatic heterocycles. The van der Waals surface area contributed by atoms with Gasteiger partial charge in [0.1, 0.15) is 17.1 Å². The standard InChI is InChI=1S/C21H20I2O3/c1-3-5-9-18-19(14-8-6-7-10-17(14)26-18)20(24)13-11-15(22)21(25-4-2)16(23)12-13/h6-8,10-12H,3-5,9H2,1-2H3/i2D3,4D2. The van der Waals surface area contributed by atoms with E-state index in [0.717, 1.165) is 18.2 Å². The first-order chi connectivity index (χ1) is 14.5. The maximum absolute atomic E-state index is 13.5. The number of ether oxygens (including phenoxy) is 1. The Hall–Kier alpha value is -1.09. The molecule has 0 radical (unpaired) electrons. The van der Waals surface area contributed by atoms with Gasteiger partial charge in [-0.2, -0.15) is 0 Å². The van der Waals surface area contributed by atoms with Crippen molar-refractivity contribution in [2.24, 2.45) is 0 Å². The molecule has 26 heavy (non-hydrogen) atoms. The smallest absolute Gasteiger partial charge is 0.197 e. The molecule has 0 aliphatic carbocycles. The molecule has 0 unspecified atom stereocenters. The minimum absolute atomic E-state index is 0.0992. The van der Waals surface area contributed by atoms with E-state index in [-0.39, 0.29) is 11.5 Å². The molecular formula is C21H20I2O3. The fraction of sp³-hybridized carbons (Fsp3) is 0.286. The first-order valence-corrected chi connectivity index (χ1v) is 10.3. The zero-order valence-corrected chi connectivity index (χ0v) is 18.4. The van der Waals surface area contributed by atoms with Crippen LogP contribution in [0.25, 0.3) is 11.0 Å².